The molecule has 1 N–H and O–H groups in total. The molecule has 1 unspecified atom stereocenters. The van der Waals surface area contributed by atoms with E-state index in [1.807, 2.05) is 39.0 Å². The number of alkyl halides is 2. The molecule has 0 radical (unpaired) electrons. The number of benzene rings is 2. The van der Waals surface area contributed by atoms with E-state index in [1.54, 1.807) is 31.2 Å². The molecule has 39 heavy (non-hydrogen) atoms. The first kappa shape index (κ1) is 29.2. The first-order valence-corrected chi connectivity index (χ1v) is 13.9. The van der Waals surface area contributed by atoms with Crippen molar-refractivity contribution in [2.24, 2.45) is 0 Å². The maximum atomic E-state index is 13.7. The number of carbonyl (C=O) groups excluding carboxylic acids is 2. The molecule has 0 saturated carbocycles. The van der Waals surface area contributed by atoms with Crippen molar-refractivity contribution in [3.63, 3.8) is 0 Å². The lowest BCUT2D eigenvalue weighted by atomic mass is 9.93. The minimum atomic E-state index is -2.78. The normalized spacial score (nSPS) is 15.5. The fourth-order valence-corrected chi connectivity index (χ4v) is 5.39. The lowest BCUT2D eigenvalue weighted by molar-refractivity contribution is -0.155. The molecule has 6 nitrogen and oxygen atoms in total. The summed E-state index contributed by atoms with van der Waals surface area (Å²) >= 11 is 9.94. The summed E-state index contributed by atoms with van der Waals surface area (Å²) in [5, 5.41) is 4.16. The fraction of sp³-hybridized carbons (Fsp3) is 0.414. The second-order valence-electron chi connectivity index (χ2n) is 10.9. The van der Waals surface area contributed by atoms with Crippen molar-refractivity contribution in [3.05, 3.63) is 68.7 Å². The Labute approximate surface area is 240 Å². The second kappa shape index (κ2) is 11.4. The summed E-state index contributed by atoms with van der Waals surface area (Å²) in [6.07, 6.45) is 0.565. The summed E-state index contributed by atoms with van der Waals surface area (Å²) in [5.74, 6) is -3.36. The summed E-state index contributed by atoms with van der Waals surface area (Å²) in [6.45, 7) is 6.48. The van der Waals surface area contributed by atoms with Crippen molar-refractivity contribution in [2.75, 3.05) is 24.5 Å². The number of amides is 1. The number of anilines is 1. The first-order chi connectivity index (χ1) is 18.2. The van der Waals surface area contributed by atoms with E-state index in [-0.39, 0.29) is 30.8 Å². The Morgan fingerprint density at radius 1 is 1.21 bits per heavy atom. The van der Waals surface area contributed by atoms with Gasteiger partial charge in [-0.2, -0.15) is 0 Å². The van der Waals surface area contributed by atoms with Crippen LogP contribution in [0.5, 0.6) is 0 Å². The minimum Gasteiger partial charge on any atom is -0.460 e. The molecule has 2 aromatic carbocycles. The van der Waals surface area contributed by atoms with Gasteiger partial charge in [-0.05, 0) is 63.9 Å². The van der Waals surface area contributed by atoms with Gasteiger partial charge in [0.2, 0.25) is 0 Å². The summed E-state index contributed by atoms with van der Waals surface area (Å²) in [4.78, 5) is 32.2. The fourth-order valence-electron chi connectivity index (χ4n) is 4.74. The highest BCUT2D eigenvalue weighted by atomic mass is 79.9. The smallest absolute Gasteiger partial charge is 0.306 e. The van der Waals surface area contributed by atoms with Gasteiger partial charge in [-0.15, -0.1) is 0 Å². The Morgan fingerprint density at radius 2 is 1.90 bits per heavy atom. The van der Waals surface area contributed by atoms with Crippen LogP contribution in [0.4, 0.5) is 14.6 Å². The highest BCUT2D eigenvalue weighted by Crippen LogP contribution is 2.36. The third kappa shape index (κ3) is 7.06. The van der Waals surface area contributed by atoms with Crippen LogP contribution in [0, 0.1) is 6.92 Å². The summed E-state index contributed by atoms with van der Waals surface area (Å²) in [6, 6.07) is 12.7. The zero-order valence-corrected chi connectivity index (χ0v) is 24.6. The van der Waals surface area contributed by atoms with Crippen LogP contribution in [0.3, 0.4) is 0 Å². The van der Waals surface area contributed by atoms with Gasteiger partial charge in [-0.3, -0.25) is 9.59 Å². The van der Waals surface area contributed by atoms with Crippen LogP contribution in [0.2, 0.25) is 5.02 Å². The first-order valence-electron chi connectivity index (χ1n) is 12.7. The van der Waals surface area contributed by atoms with Crippen LogP contribution in [-0.4, -0.2) is 48.0 Å². The Bertz CT molecular complexity index is 1400. The Morgan fingerprint density at radius 3 is 2.54 bits per heavy atom. The van der Waals surface area contributed by atoms with Gasteiger partial charge in [-0.1, -0.05) is 45.7 Å². The van der Waals surface area contributed by atoms with Crippen molar-refractivity contribution in [2.45, 2.75) is 58.0 Å². The van der Waals surface area contributed by atoms with Crippen molar-refractivity contribution >= 4 is 56.1 Å². The maximum absolute atomic E-state index is 13.7. The van der Waals surface area contributed by atoms with E-state index in [4.69, 9.17) is 16.3 Å². The molecule has 2 heterocycles. The molecule has 0 aliphatic carbocycles. The molecule has 1 saturated heterocycles. The van der Waals surface area contributed by atoms with Crippen molar-refractivity contribution in [1.82, 2.24) is 10.3 Å². The van der Waals surface area contributed by atoms with E-state index >= 15 is 0 Å². The molecule has 1 atom stereocenters. The van der Waals surface area contributed by atoms with Gasteiger partial charge in [0, 0.05) is 39.3 Å². The maximum Gasteiger partial charge on any atom is 0.306 e. The molecule has 4 rings (SSSR count). The van der Waals surface area contributed by atoms with Gasteiger partial charge in [0.25, 0.3) is 11.8 Å². The average Bonchev–Trinajstić information content (AvgIpc) is 2.81. The van der Waals surface area contributed by atoms with Crippen LogP contribution in [0.15, 0.2) is 46.9 Å². The number of aromatic nitrogens is 1. The molecule has 0 bridgehead atoms. The molecule has 0 spiro atoms. The van der Waals surface area contributed by atoms with Crippen LogP contribution >= 0.6 is 27.5 Å². The molecule has 3 aromatic rings. The number of ether oxygens (including phenoxy) is 1. The number of pyridine rings is 1. The number of nitrogens with one attached hydrogen (secondary N) is 1. The lowest BCUT2D eigenvalue weighted by Crippen LogP contribution is -2.57. The highest BCUT2D eigenvalue weighted by molar-refractivity contribution is 9.10. The van der Waals surface area contributed by atoms with Gasteiger partial charge in [0.05, 0.1) is 24.2 Å². The zero-order valence-electron chi connectivity index (χ0n) is 22.3. The van der Waals surface area contributed by atoms with E-state index < -0.39 is 24.6 Å². The van der Waals surface area contributed by atoms with Gasteiger partial charge in [-0.25, -0.2) is 13.8 Å². The third-order valence-corrected chi connectivity index (χ3v) is 7.34. The van der Waals surface area contributed by atoms with E-state index in [9.17, 15) is 18.4 Å². The molecule has 208 valence electrons. The predicted octanol–water partition coefficient (Wildman–Crippen LogP) is 7.05. The topological polar surface area (TPSA) is 71.5 Å². The van der Waals surface area contributed by atoms with Gasteiger partial charge >= 0.3 is 5.97 Å². The van der Waals surface area contributed by atoms with Crippen molar-refractivity contribution in [1.29, 1.82) is 0 Å². The Balaban J connectivity index is 1.61. The molecule has 1 aliphatic heterocycles. The number of hydrogen-bond acceptors (Lipinski definition) is 5. The largest absolute Gasteiger partial charge is 0.460 e. The SMILES string of the molecule is Cc1c(N2CC(F)(F)C2)nc2ccc(Br)cc2c1C(=O)NCC(CCC(=O)OC(C)(C)C)c1ccccc1Cl. The highest BCUT2D eigenvalue weighted by Gasteiger charge is 2.45. The zero-order chi connectivity index (χ0) is 28.5. The van der Waals surface area contributed by atoms with Crippen LogP contribution in [0.25, 0.3) is 10.9 Å². The number of fused-ring (bicyclic) bond motifs is 1. The van der Waals surface area contributed by atoms with Crippen molar-refractivity contribution in [3.8, 4) is 0 Å². The third-order valence-electron chi connectivity index (χ3n) is 6.51. The minimum absolute atomic E-state index is 0.153. The summed E-state index contributed by atoms with van der Waals surface area (Å²) in [7, 11) is 0. The summed E-state index contributed by atoms with van der Waals surface area (Å²) < 4.78 is 33.5. The lowest BCUT2D eigenvalue weighted by Gasteiger charge is -2.40. The number of halogens is 4. The van der Waals surface area contributed by atoms with E-state index in [0.717, 1.165) is 10.0 Å². The summed E-state index contributed by atoms with van der Waals surface area (Å²) in [5.41, 5.74) is 1.64. The second-order valence-corrected chi connectivity index (χ2v) is 12.2. The van der Waals surface area contributed by atoms with Crippen molar-refractivity contribution < 1.29 is 23.1 Å². The van der Waals surface area contributed by atoms with E-state index in [0.29, 0.717) is 39.3 Å². The monoisotopic (exact) mass is 621 g/mol. The number of carbonyl (C=O) groups is 2. The molecule has 1 aromatic heterocycles. The average molecular weight is 623 g/mol. The van der Waals surface area contributed by atoms with E-state index in [1.165, 1.54) is 4.90 Å². The van der Waals surface area contributed by atoms with Gasteiger partial charge in [0.15, 0.2) is 0 Å². The quantitative estimate of drug-likeness (QED) is 0.273. The predicted molar refractivity (Wildman–Crippen MR) is 153 cm³/mol. The molecule has 1 fully saturated rings. The van der Waals surface area contributed by atoms with Crippen LogP contribution < -0.4 is 10.2 Å². The van der Waals surface area contributed by atoms with Crippen LogP contribution in [0.1, 0.15) is 61.0 Å². The van der Waals surface area contributed by atoms with Gasteiger partial charge < -0.3 is 15.0 Å². The molecule has 10 heteroatoms. The molecule has 1 aliphatic rings. The standard InChI is InChI=1S/C29H31BrClF2N3O3/c1-17-25(21-13-19(30)10-11-23(21)35-26(17)36-15-29(32,33)16-36)27(38)34-14-18(20-7-5-6-8-22(20)31)9-12-24(37)39-28(2,3)4/h5-8,10-11,13,18H,9,12,14-16H2,1-4H3,(H,34,38). The number of hydrogen-bond donors (Lipinski definition) is 1. The molecular formula is C29H31BrClF2N3O3. The molecule has 1 amide bonds. The Kier molecular flexibility index (Phi) is 8.52. The number of rotatable bonds is 8. The molecular weight excluding hydrogens is 592 g/mol. The Hall–Kier alpha value is -2.78. The number of nitrogens with zero attached hydrogens (tertiary/aromatic N) is 2. The van der Waals surface area contributed by atoms with Crippen LogP contribution in [-0.2, 0) is 9.53 Å². The van der Waals surface area contributed by atoms with E-state index in [2.05, 4.69) is 26.2 Å². The number of esters is 1. The van der Waals surface area contributed by atoms with Gasteiger partial charge in [0.1, 0.15) is 11.4 Å².